The number of esters is 1. The first-order valence-corrected chi connectivity index (χ1v) is 11.2. The van der Waals surface area contributed by atoms with Crippen LogP contribution >= 0.6 is 38.9 Å². The SMILES string of the molecule is CCOC(=O)c1c(NC(=O)c2ccn(COc3ccc(Br)cc3Cl)n2)sc(C(N)=O)c1C. The molecule has 3 aromatic rings. The van der Waals surface area contributed by atoms with E-state index in [2.05, 4.69) is 26.3 Å². The van der Waals surface area contributed by atoms with Crippen LogP contribution in [0.25, 0.3) is 0 Å². The first kappa shape index (κ1) is 23.8. The highest BCUT2D eigenvalue weighted by molar-refractivity contribution is 9.10. The number of rotatable bonds is 8. The normalized spacial score (nSPS) is 10.6. The van der Waals surface area contributed by atoms with E-state index in [0.29, 0.717) is 16.3 Å². The molecule has 0 saturated heterocycles. The Hall–Kier alpha value is -2.89. The predicted octanol–water partition coefficient (Wildman–Crippen LogP) is 4.23. The van der Waals surface area contributed by atoms with Crippen molar-refractivity contribution >= 4 is 61.7 Å². The van der Waals surface area contributed by atoms with Gasteiger partial charge in [-0.15, -0.1) is 11.3 Å². The van der Waals surface area contributed by atoms with Gasteiger partial charge in [-0.05, 0) is 43.7 Å². The minimum Gasteiger partial charge on any atom is -0.470 e. The number of anilines is 1. The molecule has 9 nitrogen and oxygen atoms in total. The number of hydrogen-bond donors (Lipinski definition) is 2. The van der Waals surface area contributed by atoms with Crippen molar-refractivity contribution < 1.29 is 23.9 Å². The van der Waals surface area contributed by atoms with E-state index in [1.807, 2.05) is 0 Å². The molecule has 32 heavy (non-hydrogen) atoms. The zero-order valence-corrected chi connectivity index (χ0v) is 20.1. The number of hydrogen-bond acceptors (Lipinski definition) is 7. The van der Waals surface area contributed by atoms with Crippen molar-refractivity contribution in [2.75, 3.05) is 11.9 Å². The van der Waals surface area contributed by atoms with E-state index in [9.17, 15) is 14.4 Å². The highest BCUT2D eigenvalue weighted by Gasteiger charge is 2.26. The van der Waals surface area contributed by atoms with Gasteiger partial charge in [-0.2, -0.15) is 5.10 Å². The average molecular weight is 542 g/mol. The summed E-state index contributed by atoms with van der Waals surface area (Å²) >= 11 is 10.3. The maximum absolute atomic E-state index is 12.7. The van der Waals surface area contributed by atoms with E-state index in [0.717, 1.165) is 15.8 Å². The van der Waals surface area contributed by atoms with Crippen LogP contribution in [0.4, 0.5) is 5.00 Å². The van der Waals surface area contributed by atoms with Crippen LogP contribution in [0.2, 0.25) is 5.02 Å². The van der Waals surface area contributed by atoms with Crippen LogP contribution in [0.1, 0.15) is 43.0 Å². The molecule has 0 aliphatic heterocycles. The third-order valence-corrected chi connectivity index (χ3v) is 6.21. The van der Waals surface area contributed by atoms with Crippen molar-refractivity contribution in [2.45, 2.75) is 20.6 Å². The molecule has 2 heterocycles. The lowest BCUT2D eigenvalue weighted by molar-refractivity contribution is 0.0527. The second kappa shape index (κ2) is 10.2. The van der Waals surface area contributed by atoms with Gasteiger partial charge in [0.1, 0.15) is 10.8 Å². The molecule has 0 aliphatic carbocycles. The second-order valence-electron chi connectivity index (χ2n) is 6.39. The number of amides is 2. The molecule has 12 heteroatoms. The van der Waals surface area contributed by atoms with E-state index in [-0.39, 0.29) is 34.5 Å². The topological polar surface area (TPSA) is 126 Å². The number of nitrogens with two attached hydrogens (primary N) is 1. The summed E-state index contributed by atoms with van der Waals surface area (Å²) < 4.78 is 12.9. The zero-order valence-electron chi connectivity index (χ0n) is 17.0. The first-order chi connectivity index (χ1) is 15.2. The Kier molecular flexibility index (Phi) is 7.54. The van der Waals surface area contributed by atoms with Gasteiger partial charge < -0.3 is 20.5 Å². The Morgan fingerprint density at radius 1 is 1.31 bits per heavy atom. The van der Waals surface area contributed by atoms with Gasteiger partial charge in [-0.25, -0.2) is 9.48 Å². The van der Waals surface area contributed by atoms with Crippen molar-refractivity contribution in [3.8, 4) is 5.75 Å². The summed E-state index contributed by atoms with van der Waals surface area (Å²) in [6.45, 7) is 3.38. The van der Waals surface area contributed by atoms with E-state index < -0.39 is 17.8 Å². The maximum Gasteiger partial charge on any atom is 0.341 e. The summed E-state index contributed by atoms with van der Waals surface area (Å²) in [7, 11) is 0. The van der Waals surface area contributed by atoms with Gasteiger partial charge in [0.25, 0.3) is 11.8 Å². The third-order valence-electron chi connectivity index (χ3n) is 4.20. The Balaban J connectivity index is 1.75. The Morgan fingerprint density at radius 3 is 2.72 bits per heavy atom. The standard InChI is InChI=1S/C20H18BrClN4O5S/c1-3-30-20(29)15-10(2)16(17(23)27)32-19(15)24-18(28)13-6-7-26(25-13)9-31-14-5-4-11(21)8-12(14)22/h4-8H,3,9H2,1-2H3,(H2,23,27)(H,24,28). The summed E-state index contributed by atoms with van der Waals surface area (Å²) in [4.78, 5) is 36.9. The number of carbonyl (C=O) groups is 3. The fraction of sp³-hybridized carbons (Fsp3) is 0.200. The van der Waals surface area contributed by atoms with E-state index in [1.165, 1.54) is 10.7 Å². The van der Waals surface area contributed by atoms with Gasteiger partial charge in [0.15, 0.2) is 12.4 Å². The van der Waals surface area contributed by atoms with Crippen molar-refractivity contribution in [2.24, 2.45) is 5.73 Å². The van der Waals surface area contributed by atoms with Gasteiger partial charge in [-0.1, -0.05) is 27.5 Å². The fourth-order valence-electron chi connectivity index (χ4n) is 2.74. The number of nitrogens with zero attached hydrogens (tertiary/aromatic N) is 2. The third kappa shape index (κ3) is 5.29. The van der Waals surface area contributed by atoms with Crippen LogP contribution in [0, 0.1) is 6.92 Å². The first-order valence-electron chi connectivity index (χ1n) is 9.24. The molecule has 2 amide bonds. The molecule has 3 N–H and O–H groups in total. The molecule has 0 bridgehead atoms. The monoisotopic (exact) mass is 540 g/mol. The van der Waals surface area contributed by atoms with Crippen molar-refractivity contribution in [1.29, 1.82) is 0 Å². The van der Waals surface area contributed by atoms with Crippen LogP contribution in [0.3, 0.4) is 0 Å². The average Bonchev–Trinajstić information content (AvgIpc) is 3.32. The van der Waals surface area contributed by atoms with Crippen LogP contribution in [-0.2, 0) is 11.5 Å². The fourth-order valence-corrected chi connectivity index (χ4v) is 4.51. The molecule has 1 aromatic carbocycles. The van der Waals surface area contributed by atoms with E-state index in [1.54, 1.807) is 38.2 Å². The summed E-state index contributed by atoms with van der Waals surface area (Å²) in [6, 6.07) is 6.67. The van der Waals surface area contributed by atoms with Gasteiger partial charge in [0, 0.05) is 10.7 Å². The molecule has 0 radical (unpaired) electrons. The maximum atomic E-state index is 12.7. The van der Waals surface area contributed by atoms with Crippen molar-refractivity contribution in [1.82, 2.24) is 9.78 Å². The van der Waals surface area contributed by atoms with Gasteiger partial charge in [0.2, 0.25) is 0 Å². The number of primary amides is 1. The lowest BCUT2D eigenvalue weighted by atomic mass is 10.1. The number of nitrogens with one attached hydrogen (secondary N) is 1. The molecule has 0 aliphatic rings. The quantitative estimate of drug-likeness (QED) is 0.411. The van der Waals surface area contributed by atoms with Crippen LogP contribution in [0.5, 0.6) is 5.75 Å². The molecule has 0 spiro atoms. The minimum absolute atomic E-state index is 0.0205. The molecule has 0 fully saturated rings. The Labute approximate surface area is 200 Å². The molecular weight excluding hydrogens is 524 g/mol. The number of thiophene rings is 1. The Morgan fingerprint density at radius 2 is 2.06 bits per heavy atom. The number of carbonyl (C=O) groups excluding carboxylic acids is 3. The molecule has 168 valence electrons. The lowest BCUT2D eigenvalue weighted by Crippen LogP contribution is -2.16. The number of halogens is 2. The van der Waals surface area contributed by atoms with Crippen molar-refractivity contribution in [3.05, 3.63) is 61.7 Å². The molecular formula is C20H18BrClN4O5S. The van der Waals surface area contributed by atoms with E-state index >= 15 is 0 Å². The van der Waals surface area contributed by atoms with Crippen LogP contribution in [0.15, 0.2) is 34.9 Å². The molecule has 0 unspecified atom stereocenters. The van der Waals surface area contributed by atoms with Gasteiger partial charge in [0.05, 0.1) is 22.1 Å². The molecule has 3 rings (SSSR count). The number of ether oxygens (including phenoxy) is 2. The lowest BCUT2D eigenvalue weighted by Gasteiger charge is -2.08. The smallest absolute Gasteiger partial charge is 0.341 e. The predicted molar refractivity (Wildman–Crippen MR) is 123 cm³/mol. The molecule has 0 saturated carbocycles. The summed E-state index contributed by atoms with van der Waals surface area (Å²) in [5.41, 5.74) is 5.90. The van der Waals surface area contributed by atoms with Gasteiger partial charge >= 0.3 is 5.97 Å². The van der Waals surface area contributed by atoms with Crippen molar-refractivity contribution in [3.63, 3.8) is 0 Å². The number of benzene rings is 1. The van der Waals surface area contributed by atoms with Crippen LogP contribution in [-0.4, -0.2) is 34.2 Å². The van der Waals surface area contributed by atoms with Crippen LogP contribution < -0.4 is 15.8 Å². The number of aromatic nitrogens is 2. The summed E-state index contributed by atoms with van der Waals surface area (Å²) in [5, 5.41) is 7.37. The summed E-state index contributed by atoms with van der Waals surface area (Å²) in [5.74, 6) is -1.47. The van der Waals surface area contributed by atoms with Gasteiger partial charge in [-0.3, -0.25) is 9.59 Å². The highest BCUT2D eigenvalue weighted by Crippen LogP contribution is 2.34. The zero-order chi connectivity index (χ0) is 23.4. The second-order valence-corrected chi connectivity index (χ2v) is 8.73. The largest absolute Gasteiger partial charge is 0.470 e. The minimum atomic E-state index is -0.702. The highest BCUT2D eigenvalue weighted by atomic mass is 79.9. The molecule has 2 aromatic heterocycles. The molecule has 0 atom stereocenters. The van der Waals surface area contributed by atoms with E-state index in [4.69, 9.17) is 26.8 Å². The Bertz CT molecular complexity index is 1190. The summed E-state index contributed by atoms with van der Waals surface area (Å²) in [6.07, 6.45) is 1.56.